The van der Waals surface area contributed by atoms with E-state index >= 15 is 0 Å². The molecule has 19 heavy (non-hydrogen) atoms. The van der Waals surface area contributed by atoms with Crippen molar-refractivity contribution in [3.8, 4) is 11.3 Å². The molecule has 2 heterocycles. The summed E-state index contributed by atoms with van der Waals surface area (Å²) in [6.07, 6.45) is 4.98. The van der Waals surface area contributed by atoms with Crippen molar-refractivity contribution < 1.29 is 0 Å². The molecule has 94 valence electrons. The molecule has 0 aliphatic carbocycles. The van der Waals surface area contributed by atoms with Crippen molar-refractivity contribution in [1.29, 1.82) is 0 Å². The lowest BCUT2D eigenvalue weighted by Gasteiger charge is -2.09. The van der Waals surface area contributed by atoms with Gasteiger partial charge in [-0.2, -0.15) is 0 Å². The summed E-state index contributed by atoms with van der Waals surface area (Å²) in [5.74, 6) is 6.00. The average molecular weight is 316 g/mol. The van der Waals surface area contributed by atoms with Crippen molar-refractivity contribution in [3.05, 3.63) is 47.3 Å². The molecule has 0 fully saturated rings. The van der Waals surface area contributed by atoms with Crippen molar-refractivity contribution in [1.82, 2.24) is 15.0 Å². The van der Waals surface area contributed by atoms with Gasteiger partial charge < -0.3 is 5.43 Å². The first-order chi connectivity index (χ1) is 9.31. The Kier molecular flexibility index (Phi) is 3.10. The van der Waals surface area contributed by atoms with Crippen LogP contribution >= 0.6 is 15.9 Å². The average Bonchev–Trinajstić information content (AvgIpc) is 2.48. The lowest BCUT2D eigenvalue weighted by atomic mass is 10.1. The fourth-order valence-corrected chi connectivity index (χ4v) is 2.42. The van der Waals surface area contributed by atoms with Gasteiger partial charge in [0.15, 0.2) is 5.82 Å². The van der Waals surface area contributed by atoms with Crippen LogP contribution in [-0.4, -0.2) is 15.0 Å². The summed E-state index contributed by atoms with van der Waals surface area (Å²) in [6, 6.07) is 7.82. The Morgan fingerprint density at radius 1 is 1.00 bits per heavy atom. The number of nitrogens with two attached hydrogens (primary N) is 1. The second kappa shape index (κ2) is 4.91. The Morgan fingerprint density at radius 2 is 1.84 bits per heavy atom. The Morgan fingerprint density at radius 3 is 2.68 bits per heavy atom. The smallest absolute Gasteiger partial charge is 0.166 e. The number of nitrogens with zero attached hydrogens (tertiary/aromatic N) is 3. The van der Waals surface area contributed by atoms with Crippen LogP contribution in [0.2, 0.25) is 0 Å². The molecular formula is C13H10BrN5. The van der Waals surface area contributed by atoms with Gasteiger partial charge in [-0.25, -0.2) is 10.8 Å². The number of nitrogens with one attached hydrogen (secondary N) is 1. The lowest BCUT2D eigenvalue weighted by molar-refractivity contribution is 1.16. The molecule has 3 aromatic rings. The minimum Gasteiger partial charge on any atom is -0.307 e. The van der Waals surface area contributed by atoms with Crippen LogP contribution in [-0.2, 0) is 0 Å². The van der Waals surface area contributed by atoms with Crippen molar-refractivity contribution in [2.45, 2.75) is 0 Å². The summed E-state index contributed by atoms with van der Waals surface area (Å²) in [4.78, 5) is 12.9. The van der Waals surface area contributed by atoms with E-state index in [0.29, 0.717) is 11.5 Å². The normalized spacial score (nSPS) is 10.6. The molecule has 0 aliphatic heterocycles. The summed E-state index contributed by atoms with van der Waals surface area (Å²) >= 11 is 3.52. The van der Waals surface area contributed by atoms with Gasteiger partial charge in [0, 0.05) is 34.0 Å². The maximum Gasteiger partial charge on any atom is 0.166 e. The van der Waals surface area contributed by atoms with Crippen LogP contribution in [0.15, 0.2) is 47.3 Å². The molecule has 3 rings (SSSR count). The van der Waals surface area contributed by atoms with Gasteiger partial charge in [-0.1, -0.05) is 22.0 Å². The van der Waals surface area contributed by atoms with E-state index in [2.05, 4.69) is 36.3 Å². The van der Waals surface area contributed by atoms with Crippen LogP contribution in [0.5, 0.6) is 0 Å². The van der Waals surface area contributed by atoms with Crippen LogP contribution in [0.1, 0.15) is 0 Å². The van der Waals surface area contributed by atoms with Crippen LogP contribution in [0.25, 0.3) is 22.2 Å². The van der Waals surface area contributed by atoms with E-state index in [1.807, 2.05) is 24.3 Å². The van der Waals surface area contributed by atoms with Crippen LogP contribution in [0, 0.1) is 0 Å². The third kappa shape index (κ3) is 2.05. The number of hydrogen-bond acceptors (Lipinski definition) is 5. The molecule has 1 aromatic carbocycles. The quantitative estimate of drug-likeness (QED) is 0.561. The zero-order valence-electron chi connectivity index (χ0n) is 9.84. The molecule has 0 spiro atoms. The van der Waals surface area contributed by atoms with Gasteiger partial charge in [-0.05, 0) is 18.2 Å². The number of halogens is 1. The number of hydrogen-bond donors (Lipinski definition) is 2. The zero-order valence-corrected chi connectivity index (χ0v) is 11.4. The fourth-order valence-electron chi connectivity index (χ4n) is 1.97. The first kappa shape index (κ1) is 12.0. The van der Waals surface area contributed by atoms with Crippen molar-refractivity contribution >= 4 is 32.7 Å². The van der Waals surface area contributed by atoms with E-state index in [1.165, 1.54) is 0 Å². The Hall–Kier alpha value is -2.05. The summed E-state index contributed by atoms with van der Waals surface area (Å²) in [5.41, 5.74) is 4.99. The predicted octanol–water partition coefficient (Wildman–Crippen LogP) is 2.74. The number of rotatable bonds is 2. The molecule has 0 amide bonds. The maximum absolute atomic E-state index is 5.48. The Balaban J connectivity index is 2.34. The molecule has 0 aliphatic rings. The zero-order chi connectivity index (χ0) is 13.2. The Bertz CT molecular complexity index is 744. The van der Waals surface area contributed by atoms with E-state index in [1.54, 1.807) is 18.6 Å². The van der Waals surface area contributed by atoms with Gasteiger partial charge >= 0.3 is 0 Å². The molecule has 2 aromatic heterocycles. The Labute approximate surface area is 118 Å². The molecule has 0 atom stereocenters. The van der Waals surface area contributed by atoms with Crippen LogP contribution in [0.3, 0.4) is 0 Å². The SMILES string of the molecule is NNc1nccnc1-c1ccc(Br)c2cccnc12. The lowest BCUT2D eigenvalue weighted by Crippen LogP contribution is -2.10. The van der Waals surface area contributed by atoms with Crippen molar-refractivity contribution in [2.24, 2.45) is 5.84 Å². The van der Waals surface area contributed by atoms with Gasteiger partial charge in [0.2, 0.25) is 0 Å². The summed E-state index contributed by atoms with van der Waals surface area (Å²) in [5, 5.41) is 1.02. The molecule has 6 heteroatoms. The van der Waals surface area contributed by atoms with Crippen molar-refractivity contribution in [2.75, 3.05) is 5.43 Å². The third-order valence-corrected chi connectivity index (χ3v) is 3.50. The molecule has 3 N–H and O–H groups in total. The fraction of sp³-hybridized carbons (Fsp3) is 0. The second-order valence-electron chi connectivity index (χ2n) is 3.89. The molecule has 5 nitrogen and oxygen atoms in total. The number of pyridine rings is 1. The monoisotopic (exact) mass is 315 g/mol. The third-order valence-electron chi connectivity index (χ3n) is 2.81. The van der Waals surface area contributed by atoms with E-state index in [-0.39, 0.29) is 0 Å². The van der Waals surface area contributed by atoms with Crippen molar-refractivity contribution in [3.63, 3.8) is 0 Å². The van der Waals surface area contributed by atoms with E-state index in [0.717, 1.165) is 20.9 Å². The van der Waals surface area contributed by atoms with Gasteiger partial charge in [0.25, 0.3) is 0 Å². The number of nitrogen functional groups attached to an aromatic ring is 1. The van der Waals surface area contributed by atoms with Gasteiger partial charge in [0.1, 0.15) is 5.69 Å². The van der Waals surface area contributed by atoms with E-state index in [9.17, 15) is 0 Å². The number of hydrazine groups is 1. The second-order valence-corrected chi connectivity index (χ2v) is 4.75. The van der Waals surface area contributed by atoms with Gasteiger partial charge in [-0.3, -0.25) is 9.97 Å². The summed E-state index contributed by atoms with van der Waals surface area (Å²) in [6.45, 7) is 0. The predicted molar refractivity (Wildman–Crippen MR) is 78.3 cm³/mol. The first-order valence-corrected chi connectivity index (χ1v) is 6.42. The highest BCUT2D eigenvalue weighted by Crippen LogP contribution is 2.32. The minimum atomic E-state index is 0.525. The number of benzene rings is 1. The van der Waals surface area contributed by atoms with E-state index < -0.39 is 0 Å². The molecule has 0 saturated carbocycles. The molecular weight excluding hydrogens is 306 g/mol. The maximum atomic E-state index is 5.48. The van der Waals surface area contributed by atoms with E-state index in [4.69, 9.17) is 5.84 Å². The molecule has 0 unspecified atom stereocenters. The summed E-state index contributed by atoms with van der Waals surface area (Å²) in [7, 11) is 0. The van der Waals surface area contributed by atoms with Crippen LogP contribution in [0.4, 0.5) is 5.82 Å². The standard InChI is InChI=1S/C13H10BrN5/c14-10-4-3-9(11-8(10)2-1-5-16-11)12-13(19-15)18-7-6-17-12/h1-7H,15H2,(H,18,19). The van der Waals surface area contributed by atoms with Crippen LogP contribution < -0.4 is 11.3 Å². The van der Waals surface area contributed by atoms with Gasteiger partial charge in [0.05, 0.1) is 5.52 Å². The first-order valence-electron chi connectivity index (χ1n) is 5.62. The largest absolute Gasteiger partial charge is 0.307 e. The molecule has 0 saturated heterocycles. The van der Waals surface area contributed by atoms with Gasteiger partial charge in [-0.15, -0.1) is 0 Å². The number of anilines is 1. The topological polar surface area (TPSA) is 76.7 Å². The minimum absolute atomic E-state index is 0.525. The molecule has 0 radical (unpaired) electrons. The number of aromatic nitrogens is 3. The highest BCUT2D eigenvalue weighted by atomic mass is 79.9. The molecule has 0 bridgehead atoms. The number of fused-ring (bicyclic) bond motifs is 1. The highest BCUT2D eigenvalue weighted by Gasteiger charge is 2.12. The summed E-state index contributed by atoms with van der Waals surface area (Å²) < 4.78 is 0.991. The highest BCUT2D eigenvalue weighted by molar-refractivity contribution is 9.10.